The molecule has 0 radical (unpaired) electrons. The van der Waals surface area contributed by atoms with Crippen molar-refractivity contribution in [2.75, 3.05) is 6.61 Å². The van der Waals surface area contributed by atoms with Gasteiger partial charge >= 0.3 is 0 Å². The van der Waals surface area contributed by atoms with Gasteiger partial charge in [0.15, 0.2) is 5.78 Å². The van der Waals surface area contributed by atoms with Gasteiger partial charge in [-0.3, -0.25) is 4.79 Å². The fourth-order valence-electron chi connectivity index (χ4n) is 1.71. The summed E-state index contributed by atoms with van der Waals surface area (Å²) in [6.07, 6.45) is 0.918. The predicted molar refractivity (Wildman–Crippen MR) is 59.9 cm³/mol. The Labute approximate surface area is 95.4 Å². The second kappa shape index (κ2) is 4.13. The summed E-state index contributed by atoms with van der Waals surface area (Å²) in [5.41, 5.74) is 0. The summed E-state index contributed by atoms with van der Waals surface area (Å²) in [5.74, 6) is 0.266. The molecule has 2 heterocycles. The minimum Gasteiger partial charge on any atom is -0.378 e. The molecule has 0 saturated carbocycles. The SMILES string of the molecule is CC1OCCC1C(=O)c1sccc1Br. The van der Waals surface area contributed by atoms with E-state index < -0.39 is 0 Å². The van der Waals surface area contributed by atoms with Crippen LogP contribution >= 0.6 is 27.3 Å². The third-order valence-corrected chi connectivity index (χ3v) is 4.41. The molecule has 0 N–H and O–H groups in total. The topological polar surface area (TPSA) is 26.3 Å². The third-order valence-electron chi connectivity index (χ3n) is 2.55. The Bertz CT molecular complexity index is 348. The Hall–Kier alpha value is -0.190. The van der Waals surface area contributed by atoms with Gasteiger partial charge in [0.2, 0.25) is 0 Å². The van der Waals surface area contributed by atoms with Crippen molar-refractivity contribution in [1.29, 1.82) is 0 Å². The molecule has 0 aromatic carbocycles. The van der Waals surface area contributed by atoms with Crippen LogP contribution in [0.25, 0.3) is 0 Å². The molecule has 2 nitrogen and oxygen atoms in total. The predicted octanol–water partition coefficient (Wildman–Crippen LogP) is 3.12. The van der Waals surface area contributed by atoms with Crippen molar-refractivity contribution >= 4 is 33.0 Å². The Morgan fingerprint density at radius 3 is 3.00 bits per heavy atom. The van der Waals surface area contributed by atoms with Gasteiger partial charge in [0.05, 0.1) is 16.9 Å². The van der Waals surface area contributed by atoms with Crippen LogP contribution < -0.4 is 0 Å². The Balaban J connectivity index is 2.20. The normalized spacial score (nSPS) is 26.7. The van der Waals surface area contributed by atoms with Crippen LogP contribution in [0.5, 0.6) is 0 Å². The lowest BCUT2D eigenvalue weighted by molar-refractivity contribution is 0.0767. The smallest absolute Gasteiger partial charge is 0.179 e. The minimum absolute atomic E-state index is 0.0462. The molecule has 0 aliphatic carbocycles. The van der Waals surface area contributed by atoms with E-state index in [1.54, 1.807) is 0 Å². The fraction of sp³-hybridized carbons (Fsp3) is 0.500. The lowest BCUT2D eigenvalue weighted by atomic mass is 9.96. The molecule has 14 heavy (non-hydrogen) atoms. The Kier molecular flexibility index (Phi) is 3.04. The molecular formula is C10H11BrO2S. The lowest BCUT2D eigenvalue weighted by Gasteiger charge is -2.11. The number of carbonyl (C=O) groups is 1. The zero-order valence-electron chi connectivity index (χ0n) is 7.83. The second-order valence-electron chi connectivity index (χ2n) is 3.43. The van der Waals surface area contributed by atoms with Crippen LogP contribution in [0.3, 0.4) is 0 Å². The summed E-state index contributed by atoms with van der Waals surface area (Å²) in [4.78, 5) is 12.9. The van der Waals surface area contributed by atoms with E-state index in [0.717, 1.165) is 15.8 Å². The molecule has 4 heteroatoms. The Morgan fingerprint density at radius 1 is 1.71 bits per heavy atom. The molecule has 0 spiro atoms. The van der Waals surface area contributed by atoms with Gasteiger partial charge in [-0.05, 0) is 40.7 Å². The first-order valence-electron chi connectivity index (χ1n) is 4.59. The first kappa shape index (κ1) is 10.3. The zero-order valence-corrected chi connectivity index (χ0v) is 10.2. The van der Waals surface area contributed by atoms with Gasteiger partial charge in [0.1, 0.15) is 0 Å². The number of hydrogen-bond acceptors (Lipinski definition) is 3. The number of carbonyl (C=O) groups excluding carboxylic acids is 1. The van der Waals surface area contributed by atoms with E-state index in [9.17, 15) is 4.79 Å². The van der Waals surface area contributed by atoms with Crippen LogP contribution in [0.2, 0.25) is 0 Å². The summed E-state index contributed by atoms with van der Waals surface area (Å²) in [6.45, 7) is 2.68. The molecule has 1 fully saturated rings. The van der Waals surface area contributed by atoms with Crippen LogP contribution in [0.1, 0.15) is 23.0 Å². The quantitative estimate of drug-likeness (QED) is 0.775. The Morgan fingerprint density at radius 2 is 2.50 bits per heavy atom. The first-order chi connectivity index (χ1) is 6.70. The third kappa shape index (κ3) is 1.78. The highest BCUT2D eigenvalue weighted by Gasteiger charge is 2.32. The largest absolute Gasteiger partial charge is 0.378 e. The monoisotopic (exact) mass is 274 g/mol. The minimum atomic E-state index is 0.0462. The highest BCUT2D eigenvalue weighted by atomic mass is 79.9. The van der Waals surface area contributed by atoms with E-state index in [0.29, 0.717) is 6.61 Å². The van der Waals surface area contributed by atoms with Crippen LogP contribution in [-0.2, 0) is 4.74 Å². The number of thiophene rings is 1. The van der Waals surface area contributed by atoms with Crippen LogP contribution in [0, 0.1) is 5.92 Å². The summed E-state index contributed by atoms with van der Waals surface area (Å²) in [6, 6.07) is 1.92. The lowest BCUT2D eigenvalue weighted by Crippen LogP contribution is -2.21. The van der Waals surface area contributed by atoms with E-state index >= 15 is 0 Å². The molecule has 0 bridgehead atoms. The molecule has 1 aromatic rings. The maximum Gasteiger partial charge on any atom is 0.179 e. The summed E-state index contributed by atoms with van der Waals surface area (Å²) < 4.78 is 6.30. The molecule has 1 aliphatic rings. The highest BCUT2D eigenvalue weighted by Crippen LogP contribution is 2.30. The number of Topliss-reactive ketones (excluding diaryl/α,β-unsaturated/α-hetero) is 1. The molecule has 1 aliphatic heterocycles. The van der Waals surface area contributed by atoms with Crippen molar-refractivity contribution < 1.29 is 9.53 Å². The van der Waals surface area contributed by atoms with Crippen molar-refractivity contribution in [1.82, 2.24) is 0 Å². The number of hydrogen-bond donors (Lipinski definition) is 0. The van der Waals surface area contributed by atoms with E-state index in [4.69, 9.17) is 4.74 Å². The van der Waals surface area contributed by atoms with Crippen molar-refractivity contribution in [3.63, 3.8) is 0 Å². The number of rotatable bonds is 2. The summed E-state index contributed by atoms with van der Waals surface area (Å²) in [5, 5.41) is 1.93. The van der Waals surface area contributed by atoms with Gasteiger partial charge in [-0.25, -0.2) is 0 Å². The van der Waals surface area contributed by atoms with Gasteiger partial charge in [0.25, 0.3) is 0 Å². The summed E-state index contributed by atoms with van der Waals surface area (Å²) in [7, 11) is 0. The van der Waals surface area contributed by atoms with Crippen LogP contribution in [0.15, 0.2) is 15.9 Å². The van der Waals surface area contributed by atoms with Crippen molar-refractivity contribution in [3.05, 3.63) is 20.8 Å². The molecule has 2 rings (SSSR count). The number of ketones is 1. The molecule has 2 unspecified atom stereocenters. The second-order valence-corrected chi connectivity index (χ2v) is 5.20. The molecule has 1 aromatic heterocycles. The van der Waals surface area contributed by atoms with Gasteiger partial charge < -0.3 is 4.74 Å². The number of halogens is 1. The van der Waals surface area contributed by atoms with Gasteiger partial charge in [0, 0.05) is 11.1 Å². The average molecular weight is 275 g/mol. The molecule has 76 valence electrons. The van der Waals surface area contributed by atoms with E-state index in [2.05, 4.69) is 15.9 Å². The van der Waals surface area contributed by atoms with Gasteiger partial charge in [-0.15, -0.1) is 11.3 Å². The first-order valence-corrected chi connectivity index (χ1v) is 6.26. The zero-order chi connectivity index (χ0) is 10.1. The van der Waals surface area contributed by atoms with Crippen LogP contribution in [0.4, 0.5) is 0 Å². The molecule has 1 saturated heterocycles. The fourth-order valence-corrected chi connectivity index (χ4v) is 3.29. The van der Waals surface area contributed by atoms with Gasteiger partial charge in [-0.2, -0.15) is 0 Å². The maximum atomic E-state index is 12.0. The highest BCUT2D eigenvalue weighted by molar-refractivity contribution is 9.10. The van der Waals surface area contributed by atoms with Crippen molar-refractivity contribution in [3.8, 4) is 0 Å². The van der Waals surface area contributed by atoms with Crippen molar-refractivity contribution in [2.24, 2.45) is 5.92 Å². The molecular weight excluding hydrogens is 264 g/mol. The van der Waals surface area contributed by atoms with E-state index in [-0.39, 0.29) is 17.8 Å². The number of ether oxygens (including phenoxy) is 1. The van der Waals surface area contributed by atoms with Crippen molar-refractivity contribution in [2.45, 2.75) is 19.4 Å². The molecule has 0 amide bonds. The standard InChI is InChI=1S/C10H11BrO2S/c1-6-7(2-4-13-6)9(12)10-8(11)3-5-14-10/h3,5-7H,2,4H2,1H3. The maximum absolute atomic E-state index is 12.0. The summed E-state index contributed by atoms with van der Waals surface area (Å²) >= 11 is 4.88. The van der Waals surface area contributed by atoms with E-state index in [1.165, 1.54) is 11.3 Å². The average Bonchev–Trinajstić information content (AvgIpc) is 2.73. The van der Waals surface area contributed by atoms with E-state index in [1.807, 2.05) is 18.4 Å². The van der Waals surface area contributed by atoms with Gasteiger partial charge in [-0.1, -0.05) is 0 Å². The van der Waals surface area contributed by atoms with Crippen LogP contribution in [-0.4, -0.2) is 18.5 Å². The molecule has 2 atom stereocenters.